The summed E-state index contributed by atoms with van der Waals surface area (Å²) in [6.07, 6.45) is 0.669. The normalized spacial score (nSPS) is 11.7. The Labute approximate surface area is 161 Å². The van der Waals surface area contributed by atoms with Crippen molar-refractivity contribution in [2.24, 2.45) is 0 Å². The van der Waals surface area contributed by atoms with Gasteiger partial charge in [-0.1, -0.05) is 32.9 Å². The summed E-state index contributed by atoms with van der Waals surface area (Å²) in [7, 11) is 0. The van der Waals surface area contributed by atoms with Crippen molar-refractivity contribution in [2.75, 3.05) is 10.6 Å². The lowest BCUT2D eigenvalue weighted by Crippen LogP contribution is -2.30. The number of benzene rings is 2. The van der Waals surface area contributed by atoms with E-state index in [1.54, 1.807) is 31.2 Å². The highest BCUT2D eigenvalue weighted by molar-refractivity contribution is 5.95. The highest BCUT2D eigenvalue weighted by Crippen LogP contribution is 2.20. The van der Waals surface area contributed by atoms with Crippen molar-refractivity contribution in [3.05, 3.63) is 54.1 Å². The third-order valence-electron chi connectivity index (χ3n) is 4.14. The Bertz CT molecular complexity index is 752. The zero-order chi connectivity index (χ0) is 19.8. The first-order chi connectivity index (χ1) is 12.9. The molecule has 1 atom stereocenters. The average molecular weight is 368 g/mol. The van der Waals surface area contributed by atoms with E-state index in [-0.39, 0.29) is 11.8 Å². The van der Waals surface area contributed by atoms with E-state index in [2.05, 4.69) is 24.5 Å². The largest absolute Gasteiger partial charge is 0.481 e. The molecule has 0 aliphatic heterocycles. The van der Waals surface area contributed by atoms with Gasteiger partial charge in [0.2, 0.25) is 5.91 Å². The number of hydrogen-bond donors (Lipinski definition) is 2. The van der Waals surface area contributed by atoms with Gasteiger partial charge in [-0.3, -0.25) is 9.59 Å². The van der Waals surface area contributed by atoms with E-state index in [1.165, 1.54) is 5.56 Å². The fourth-order valence-electron chi connectivity index (χ4n) is 2.52. The Balaban J connectivity index is 1.89. The number of ether oxygens (including phenoxy) is 1. The quantitative estimate of drug-likeness (QED) is 0.692. The standard InChI is InChI=1S/C22H28N2O3/c1-5-6-21(25)23-18-9-11-19(12-10-18)24-22(26)16(4)27-20-13-7-17(8-14-20)15(2)3/h7-16H,5-6H2,1-4H3,(H,23,25)(H,24,26). The Morgan fingerprint density at radius 2 is 1.44 bits per heavy atom. The van der Waals surface area contributed by atoms with Crippen molar-refractivity contribution in [2.45, 2.75) is 52.6 Å². The third-order valence-corrected chi connectivity index (χ3v) is 4.14. The minimum Gasteiger partial charge on any atom is -0.481 e. The molecule has 0 spiro atoms. The van der Waals surface area contributed by atoms with Crippen LogP contribution in [0.5, 0.6) is 5.75 Å². The zero-order valence-corrected chi connectivity index (χ0v) is 16.4. The monoisotopic (exact) mass is 368 g/mol. The summed E-state index contributed by atoms with van der Waals surface area (Å²) in [5, 5.41) is 5.64. The van der Waals surface area contributed by atoms with Crippen LogP contribution in [-0.4, -0.2) is 17.9 Å². The molecular weight excluding hydrogens is 340 g/mol. The molecule has 0 fully saturated rings. The SMILES string of the molecule is CCCC(=O)Nc1ccc(NC(=O)C(C)Oc2ccc(C(C)C)cc2)cc1. The van der Waals surface area contributed by atoms with Crippen molar-refractivity contribution < 1.29 is 14.3 Å². The topological polar surface area (TPSA) is 67.4 Å². The molecule has 27 heavy (non-hydrogen) atoms. The Kier molecular flexibility index (Phi) is 7.41. The molecule has 2 rings (SSSR count). The van der Waals surface area contributed by atoms with Crippen LogP contribution < -0.4 is 15.4 Å². The van der Waals surface area contributed by atoms with Gasteiger partial charge in [-0.05, 0) is 61.2 Å². The predicted molar refractivity (Wildman–Crippen MR) is 109 cm³/mol. The molecule has 0 bridgehead atoms. The Hall–Kier alpha value is -2.82. The molecule has 2 aromatic rings. The van der Waals surface area contributed by atoms with E-state index in [0.717, 1.165) is 6.42 Å². The van der Waals surface area contributed by atoms with Gasteiger partial charge in [0, 0.05) is 17.8 Å². The molecule has 0 aliphatic rings. The number of carbonyl (C=O) groups excluding carboxylic acids is 2. The fourth-order valence-corrected chi connectivity index (χ4v) is 2.52. The van der Waals surface area contributed by atoms with Gasteiger partial charge in [-0.2, -0.15) is 0 Å². The number of carbonyl (C=O) groups is 2. The minimum atomic E-state index is -0.626. The number of hydrogen-bond acceptors (Lipinski definition) is 3. The Morgan fingerprint density at radius 1 is 0.889 bits per heavy atom. The van der Waals surface area contributed by atoms with Gasteiger partial charge >= 0.3 is 0 Å². The van der Waals surface area contributed by atoms with Crippen LogP contribution in [0.1, 0.15) is 52.0 Å². The third kappa shape index (κ3) is 6.44. The smallest absolute Gasteiger partial charge is 0.265 e. The fraction of sp³-hybridized carbons (Fsp3) is 0.364. The molecule has 0 aromatic heterocycles. The van der Waals surface area contributed by atoms with Crippen LogP contribution in [-0.2, 0) is 9.59 Å². The number of amides is 2. The van der Waals surface area contributed by atoms with Crippen molar-refractivity contribution in [3.63, 3.8) is 0 Å². The van der Waals surface area contributed by atoms with Gasteiger partial charge < -0.3 is 15.4 Å². The lowest BCUT2D eigenvalue weighted by molar-refractivity contribution is -0.122. The van der Waals surface area contributed by atoms with E-state index in [9.17, 15) is 9.59 Å². The summed E-state index contributed by atoms with van der Waals surface area (Å²) >= 11 is 0. The van der Waals surface area contributed by atoms with E-state index in [4.69, 9.17) is 4.74 Å². The molecule has 144 valence electrons. The van der Waals surface area contributed by atoms with Crippen molar-refractivity contribution in [3.8, 4) is 5.75 Å². The second-order valence-electron chi connectivity index (χ2n) is 6.85. The van der Waals surface area contributed by atoms with Crippen molar-refractivity contribution >= 4 is 23.2 Å². The van der Waals surface area contributed by atoms with E-state index in [1.807, 2.05) is 31.2 Å². The lowest BCUT2D eigenvalue weighted by atomic mass is 10.0. The summed E-state index contributed by atoms with van der Waals surface area (Å²) in [6, 6.07) is 14.8. The number of rotatable bonds is 8. The van der Waals surface area contributed by atoms with Gasteiger partial charge in [0.15, 0.2) is 6.10 Å². The summed E-state index contributed by atoms with van der Waals surface area (Å²) in [5.41, 5.74) is 2.59. The van der Waals surface area contributed by atoms with Crippen LogP contribution in [0.2, 0.25) is 0 Å². The average Bonchev–Trinajstić information content (AvgIpc) is 2.64. The first-order valence-electron chi connectivity index (χ1n) is 9.36. The molecule has 1 unspecified atom stereocenters. The van der Waals surface area contributed by atoms with Gasteiger partial charge in [-0.15, -0.1) is 0 Å². The zero-order valence-electron chi connectivity index (χ0n) is 16.4. The maximum Gasteiger partial charge on any atom is 0.265 e. The molecule has 0 heterocycles. The Morgan fingerprint density at radius 3 is 1.96 bits per heavy atom. The first-order valence-corrected chi connectivity index (χ1v) is 9.36. The molecule has 2 amide bonds. The molecule has 5 nitrogen and oxygen atoms in total. The maximum atomic E-state index is 12.3. The molecule has 5 heteroatoms. The van der Waals surface area contributed by atoms with Crippen molar-refractivity contribution in [1.82, 2.24) is 0 Å². The van der Waals surface area contributed by atoms with Gasteiger partial charge in [0.05, 0.1) is 0 Å². The summed E-state index contributed by atoms with van der Waals surface area (Å²) in [5.74, 6) is 0.871. The summed E-state index contributed by atoms with van der Waals surface area (Å²) < 4.78 is 5.72. The lowest BCUT2D eigenvalue weighted by Gasteiger charge is -2.15. The highest BCUT2D eigenvalue weighted by atomic mass is 16.5. The second kappa shape index (κ2) is 9.76. The first kappa shape index (κ1) is 20.5. The van der Waals surface area contributed by atoms with E-state index < -0.39 is 6.10 Å². The highest BCUT2D eigenvalue weighted by Gasteiger charge is 2.15. The number of nitrogens with one attached hydrogen (secondary N) is 2. The van der Waals surface area contributed by atoms with Crippen LogP contribution in [0.4, 0.5) is 11.4 Å². The molecular formula is C22H28N2O3. The van der Waals surface area contributed by atoms with Gasteiger partial charge in [-0.25, -0.2) is 0 Å². The van der Waals surface area contributed by atoms with Gasteiger partial charge in [0.1, 0.15) is 5.75 Å². The van der Waals surface area contributed by atoms with Crippen LogP contribution in [0, 0.1) is 0 Å². The minimum absolute atomic E-state index is 0.0141. The molecule has 0 aliphatic carbocycles. The molecule has 0 saturated heterocycles. The van der Waals surface area contributed by atoms with E-state index >= 15 is 0 Å². The second-order valence-corrected chi connectivity index (χ2v) is 6.85. The van der Waals surface area contributed by atoms with Crippen LogP contribution in [0.3, 0.4) is 0 Å². The van der Waals surface area contributed by atoms with E-state index in [0.29, 0.717) is 29.5 Å². The van der Waals surface area contributed by atoms with Crippen LogP contribution in [0.25, 0.3) is 0 Å². The summed E-state index contributed by atoms with van der Waals surface area (Å²) in [4.78, 5) is 23.9. The molecule has 2 aromatic carbocycles. The van der Waals surface area contributed by atoms with Gasteiger partial charge in [0.25, 0.3) is 5.91 Å². The van der Waals surface area contributed by atoms with Crippen LogP contribution >= 0.6 is 0 Å². The number of anilines is 2. The summed E-state index contributed by atoms with van der Waals surface area (Å²) in [6.45, 7) is 7.93. The maximum absolute atomic E-state index is 12.3. The molecule has 0 radical (unpaired) electrons. The molecule has 0 saturated carbocycles. The predicted octanol–water partition coefficient (Wildman–Crippen LogP) is 4.95. The van der Waals surface area contributed by atoms with Crippen LogP contribution in [0.15, 0.2) is 48.5 Å². The van der Waals surface area contributed by atoms with Crippen molar-refractivity contribution in [1.29, 1.82) is 0 Å². The molecule has 2 N–H and O–H groups in total.